The Hall–Kier alpha value is -0.0500. The molecule has 0 aliphatic heterocycles. The molecule has 0 fully saturated rings. The Bertz CT molecular complexity index is 202. The Morgan fingerprint density at radius 2 is 2.33 bits per heavy atom. The molecule has 0 bridgehead atoms. The van der Waals surface area contributed by atoms with Crippen LogP contribution >= 0.6 is 33.2 Å². The summed E-state index contributed by atoms with van der Waals surface area (Å²) in [5, 5.41) is 10.4. The minimum Gasteiger partial charge on any atom is -0.333 e. The van der Waals surface area contributed by atoms with Gasteiger partial charge in [-0.25, -0.2) is 0 Å². The smallest absolute Gasteiger partial charge is 0.314 e. The zero-order valence-corrected chi connectivity index (χ0v) is 9.15. The average molecular weight is 225 g/mol. The fourth-order valence-corrected chi connectivity index (χ4v) is 2.36. The first kappa shape index (κ1) is 11.9. The van der Waals surface area contributed by atoms with E-state index in [1.165, 1.54) is 21.6 Å². The number of carbonyl (C=O) groups is 1. The summed E-state index contributed by atoms with van der Waals surface area (Å²) in [6.07, 6.45) is 0. The maximum absolute atomic E-state index is 10.2. The van der Waals surface area contributed by atoms with Gasteiger partial charge in [0.2, 0.25) is 0 Å². The molecule has 6 heteroatoms. The molecule has 0 aromatic rings. The average Bonchev–Trinajstić information content (AvgIpc) is 1.98. The van der Waals surface area contributed by atoms with Crippen LogP contribution in [-0.2, 0) is 0 Å². The molecule has 0 aliphatic rings. The molecule has 0 aromatic heterocycles. The fraction of sp³-hybridized carbons (Fsp3) is 0.667. The molecule has 68 valence electrons. The zero-order chi connectivity index (χ0) is 9.61. The van der Waals surface area contributed by atoms with Crippen molar-refractivity contribution in [3.8, 4) is 6.07 Å². The molecule has 0 spiro atoms. The van der Waals surface area contributed by atoms with Crippen molar-refractivity contribution >= 4 is 38.6 Å². The fourth-order valence-electron chi connectivity index (χ4n) is 0.282. The molecule has 1 N–H and O–H groups in total. The maximum atomic E-state index is 10.2. The third-order valence-corrected chi connectivity index (χ3v) is 3.79. The number of carbonyl (C=O) groups excluding carboxylic acids is 1. The summed E-state index contributed by atoms with van der Waals surface area (Å²) < 4.78 is -0.429. The highest BCUT2D eigenvalue weighted by Gasteiger charge is 2.17. The minimum absolute atomic E-state index is 0.415. The lowest BCUT2D eigenvalue weighted by Gasteiger charge is -2.12. The van der Waals surface area contributed by atoms with Crippen molar-refractivity contribution in [3.63, 3.8) is 0 Å². The molecule has 0 unspecified atom stereocenters. The summed E-state index contributed by atoms with van der Waals surface area (Å²) in [6, 6.07) is 2.13. The van der Waals surface area contributed by atoms with Crippen molar-refractivity contribution in [3.05, 3.63) is 0 Å². The zero-order valence-electron chi connectivity index (χ0n) is 6.76. The van der Waals surface area contributed by atoms with Gasteiger partial charge in [0.15, 0.2) is 0 Å². The number of hydrogen-bond acceptors (Lipinski definition) is 4. The summed E-state index contributed by atoms with van der Waals surface area (Å²) in [6.45, 7) is 3.63. The second-order valence-electron chi connectivity index (χ2n) is 2.42. The van der Waals surface area contributed by atoms with Crippen LogP contribution in [0.5, 0.6) is 0 Å². The van der Waals surface area contributed by atoms with Crippen LogP contribution in [0.4, 0.5) is 4.79 Å². The molecular weight excluding hydrogens is 216 g/mol. The minimum atomic E-state index is -0.571. The standard InChI is InChI=1S/C6H9ClN2OS2/c1-6(2,3-8)12-11-4-9-5(7)10/h4H2,1-2H3,(H,9,10). The van der Waals surface area contributed by atoms with E-state index < -0.39 is 10.1 Å². The lowest BCUT2D eigenvalue weighted by Crippen LogP contribution is -2.16. The van der Waals surface area contributed by atoms with E-state index in [1.807, 2.05) is 13.8 Å². The van der Waals surface area contributed by atoms with Crippen molar-refractivity contribution in [2.24, 2.45) is 0 Å². The largest absolute Gasteiger partial charge is 0.333 e. The summed E-state index contributed by atoms with van der Waals surface area (Å²) in [5.41, 5.74) is 0. The number of nitriles is 1. The van der Waals surface area contributed by atoms with Crippen LogP contribution in [0.2, 0.25) is 0 Å². The molecular formula is C6H9ClN2OS2. The highest BCUT2D eigenvalue weighted by atomic mass is 35.5. The first-order valence-corrected chi connectivity index (χ1v) is 5.83. The molecule has 0 atom stereocenters. The van der Waals surface area contributed by atoms with E-state index in [4.69, 9.17) is 16.9 Å². The number of nitrogens with one attached hydrogen (secondary N) is 1. The molecule has 0 saturated carbocycles. The second-order valence-corrected chi connectivity index (χ2v) is 5.68. The van der Waals surface area contributed by atoms with E-state index in [2.05, 4.69) is 11.4 Å². The molecule has 0 radical (unpaired) electrons. The molecule has 0 aliphatic carbocycles. The Morgan fingerprint density at radius 1 is 1.75 bits per heavy atom. The number of rotatable bonds is 4. The van der Waals surface area contributed by atoms with Crippen LogP contribution in [0, 0.1) is 11.3 Å². The lowest BCUT2D eigenvalue weighted by molar-refractivity contribution is 0.261. The van der Waals surface area contributed by atoms with Crippen molar-refractivity contribution < 1.29 is 4.79 Å². The predicted molar refractivity (Wildman–Crippen MR) is 54.1 cm³/mol. The second kappa shape index (κ2) is 5.57. The normalized spacial score (nSPS) is 10.5. The number of amides is 1. The Labute approximate surface area is 84.6 Å². The van der Waals surface area contributed by atoms with E-state index in [0.717, 1.165) is 0 Å². The van der Waals surface area contributed by atoms with Crippen LogP contribution in [0.15, 0.2) is 0 Å². The van der Waals surface area contributed by atoms with Crippen molar-refractivity contribution in [1.82, 2.24) is 5.32 Å². The monoisotopic (exact) mass is 224 g/mol. The molecule has 1 amide bonds. The van der Waals surface area contributed by atoms with Gasteiger partial charge in [-0.1, -0.05) is 21.6 Å². The summed E-state index contributed by atoms with van der Waals surface area (Å²) in [5.74, 6) is 0.415. The number of nitrogens with zero attached hydrogens (tertiary/aromatic N) is 1. The molecule has 12 heavy (non-hydrogen) atoms. The highest BCUT2D eigenvalue weighted by Crippen LogP contribution is 2.34. The first-order chi connectivity index (χ1) is 5.48. The van der Waals surface area contributed by atoms with Crippen LogP contribution in [0.25, 0.3) is 0 Å². The topological polar surface area (TPSA) is 52.9 Å². The molecule has 3 nitrogen and oxygen atoms in total. The Morgan fingerprint density at radius 3 is 2.75 bits per heavy atom. The van der Waals surface area contributed by atoms with Crippen molar-refractivity contribution in [1.29, 1.82) is 5.26 Å². The van der Waals surface area contributed by atoms with Gasteiger partial charge in [-0.15, -0.1) is 0 Å². The van der Waals surface area contributed by atoms with Gasteiger partial charge >= 0.3 is 5.37 Å². The van der Waals surface area contributed by atoms with Gasteiger partial charge < -0.3 is 5.32 Å². The summed E-state index contributed by atoms with van der Waals surface area (Å²) >= 11 is 5.02. The Balaban J connectivity index is 3.45. The van der Waals surface area contributed by atoms with Gasteiger partial charge in [-0.2, -0.15) is 5.26 Å². The van der Waals surface area contributed by atoms with Gasteiger partial charge in [0.05, 0.1) is 11.9 Å². The number of hydrogen-bond donors (Lipinski definition) is 1. The Kier molecular flexibility index (Phi) is 5.55. The van der Waals surface area contributed by atoms with Crippen LogP contribution in [0.3, 0.4) is 0 Å². The van der Waals surface area contributed by atoms with Crippen LogP contribution < -0.4 is 5.32 Å². The van der Waals surface area contributed by atoms with Gasteiger partial charge in [-0.3, -0.25) is 4.79 Å². The van der Waals surface area contributed by atoms with Gasteiger partial charge in [0.25, 0.3) is 0 Å². The van der Waals surface area contributed by atoms with E-state index in [1.54, 1.807) is 0 Å². The van der Waals surface area contributed by atoms with Gasteiger partial charge in [-0.05, 0) is 25.4 Å². The van der Waals surface area contributed by atoms with Crippen LogP contribution in [-0.4, -0.2) is 16.0 Å². The van der Waals surface area contributed by atoms with Crippen LogP contribution in [0.1, 0.15) is 13.8 Å². The van der Waals surface area contributed by atoms with E-state index in [0.29, 0.717) is 5.88 Å². The molecule has 0 saturated heterocycles. The highest BCUT2D eigenvalue weighted by molar-refractivity contribution is 8.77. The van der Waals surface area contributed by atoms with E-state index >= 15 is 0 Å². The first-order valence-electron chi connectivity index (χ1n) is 3.13. The molecule has 0 aromatic carbocycles. The summed E-state index contributed by atoms with van der Waals surface area (Å²) in [4.78, 5) is 10.2. The lowest BCUT2D eigenvalue weighted by atomic mass is 10.2. The van der Waals surface area contributed by atoms with Crippen molar-refractivity contribution in [2.45, 2.75) is 18.6 Å². The maximum Gasteiger partial charge on any atom is 0.314 e. The summed E-state index contributed by atoms with van der Waals surface area (Å²) in [7, 11) is 2.79. The third-order valence-electron chi connectivity index (χ3n) is 0.807. The third kappa shape index (κ3) is 6.65. The molecule has 0 rings (SSSR count). The van der Waals surface area contributed by atoms with E-state index in [9.17, 15) is 4.79 Å². The van der Waals surface area contributed by atoms with E-state index in [-0.39, 0.29) is 0 Å². The number of halogens is 1. The van der Waals surface area contributed by atoms with Crippen molar-refractivity contribution in [2.75, 3.05) is 5.88 Å². The predicted octanol–water partition coefficient (Wildman–Crippen LogP) is 2.58. The quantitative estimate of drug-likeness (QED) is 0.262. The SMILES string of the molecule is CC(C)(C#N)SSCNC(=O)Cl. The molecule has 0 heterocycles. The van der Waals surface area contributed by atoms with Gasteiger partial charge in [0, 0.05) is 0 Å². The van der Waals surface area contributed by atoms with Gasteiger partial charge in [0.1, 0.15) is 4.75 Å².